The molecule has 0 aliphatic carbocycles. The van der Waals surface area contributed by atoms with Crippen LogP contribution < -0.4 is 11.0 Å². The van der Waals surface area contributed by atoms with Gasteiger partial charge in [-0.05, 0) is 58.6 Å². The summed E-state index contributed by atoms with van der Waals surface area (Å²) in [6.45, 7) is 3.59. The van der Waals surface area contributed by atoms with E-state index in [-0.39, 0.29) is 12.1 Å². The van der Waals surface area contributed by atoms with Crippen molar-refractivity contribution in [3.05, 3.63) is 62.0 Å². The highest BCUT2D eigenvalue weighted by atomic mass is 79.9. The van der Waals surface area contributed by atoms with Gasteiger partial charge in [0.2, 0.25) is 0 Å². The van der Waals surface area contributed by atoms with Gasteiger partial charge in [0, 0.05) is 4.47 Å². The number of nitrogens with one attached hydrogen (secondary N) is 3. The third-order valence-electron chi connectivity index (χ3n) is 4.16. The molecule has 0 saturated heterocycles. The molecule has 3 aromatic rings. The van der Waals surface area contributed by atoms with Gasteiger partial charge in [-0.1, -0.05) is 18.2 Å². The summed E-state index contributed by atoms with van der Waals surface area (Å²) in [7, 11) is 0. The number of aromatic amines is 2. The summed E-state index contributed by atoms with van der Waals surface area (Å²) in [5.41, 5.74) is 4.40. The lowest BCUT2D eigenvalue weighted by atomic mass is 10.0. The zero-order chi connectivity index (χ0) is 19.6. The summed E-state index contributed by atoms with van der Waals surface area (Å²) in [6.07, 6.45) is 0.106. The Labute approximate surface area is 163 Å². The molecule has 0 atom stereocenters. The molecule has 1 aromatic heterocycles. The number of amides is 1. The quantitative estimate of drug-likeness (QED) is 0.540. The van der Waals surface area contributed by atoms with Crippen molar-refractivity contribution in [2.24, 2.45) is 0 Å². The third kappa shape index (κ3) is 4.65. The number of hydrogen-bond acceptors (Lipinski definition) is 4. The predicted molar refractivity (Wildman–Crippen MR) is 106 cm³/mol. The molecule has 0 saturated carbocycles. The number of carbonyl (C=O) groups is 2. The van der Waals surface area contributed by atoms with E-state index in [1.165, 1.54) is 0 Å². The van der Waals surface area contributed by atoms with E-state index in [0.29, 0.717) is 21.2 Å². The van der Waals surface area contributed by atoms with E-state index in [1.807, 2.05) is 32.0 Å². The van der Waals surface area contributed by atoms with Crippen molar-refractivity contribution in [2.75, 3.05) is 11.9 Å². The Hall–Kier alpha value is -2.87. The number of H-pyrrole nitrogens is 2. The van der Waals surface area contributed by atoms with Crippen LogP contribution >= 0.6 is 15.9 Å². The van der Waals surface area contributed by atoms with Crippen molar-refractivity contribution in [1.82, 2.24) is 9.97 Å². The molecule has 27 heavy (non-hydrogen) atoms. The number of fused-ring (bicyclic) bond motifs is 1. The molecule has 7 nitrogen and oxygen atoms in total. The van der Waals surface area contributed by atoms with Crippen LogP contribution in [-0.2, 0) is 20.7 Å². The van der Waals surface area contributed by atoms with Crippen molar-refractivity contribution in [1.29, 1.82) is 0 Å². The molecule has 0 fully saturated rings. The molecule has 0 spiro atoms. The predicted octanol–water partition coefficient (Wildman–Crippen LogP) is 2.96. The third-order valence-corrected chi connectivity index (χ3v) is 4.82. The van der Waals surface area contributed by atoms with Crippen molar-refractivity contribution in [3.8, 4) is 0 Å². The van der Waals surface area contributed by atoms with Gasteiger partial charge in [0.1, 0.15) is 0 Å². The number of halogens is 1. The number of anilines is 1. The lowest BCUT2D eigenvalue weighted by Gasteiger charge is -2.09. The summed E-state index contributed by atoms with van der Waals surface area (Å²) in [5, 5.41) is 2.65. The maximum atomic E-state index is 12.1. The number of carbonyl (C=O) groups excluding carboxylic acids is 2. The van der Waals surface area contributed by atoms with Gasteiger partial charge in [-0.25, -0.2) is 4.79 Å². The number of aromatic nitrogens is 2. The minimum Gasteiger partial charge on any atom is -0.455 e. The first kappa shape index (κ1) is 18.9. The molecule has 2 aromatic carbocycles. The van der Waals surface area contributed by atoms with Gasteiger partial charge in [0.05, 0.1) is 23.1 Å². The molecule has 140 valence electrons. The van der Waals surface area contributed by atoms with Gasteiger partial charge in [-0.3, -0.25) is 9.59 Å². The second-order valence-electron chi connectivity index (χ2n) is 6.26. The average molecular weight is 432 g/mol. The smallest absolute Gasteiger partial charge is 0.323 e. The van der Waals surface area contributed by atoms with Gasteiger partial charge < -0.3 is 20.0 Å². The monoisotopic (exact) mass is 431 g/mol. The van der Waals surface area contributed by atoms with E-state index in [0.717, 1.165) is 16.7 Å². The maximum Gasteiger partial charge on any atom is 0.323 e. The Balaban J connectivity index is 1.57. The maximum absolute atomic E-state index is 12.1. The Morgan fingerprint density at radius 3 is 2.48 bits per heavy atom. The number of imidazole rings is 1. The van der Waals surface area contributed by atoms with E-state index < -0.39 is 18.5 Å². The van der Waals surface area contributed by atoms with Crippen molar-refractivity contribution < 1.29 is 14.3 Å². The number of esters is 1. The van der Waals surface area contributed by atoms with Gasteiger partial charge in [-0.15, -0.1) is 0 Å². The second kappa shape index (κ2) is 7.79. The van der Waals surface area contributed by atoms with Crippen LogP contribution in [0, 0.1) is 13.8 Å². The highest BCUT2D eigenvalue weighted by Gasteiger charge is 2.12. The molecule has 0 radical (unpaired) electrons. The molecular weight excluding hydrogens is 414 g/mol. The highest BCUT2D eigenvalue weighted by molar-refractivity contribution is 9.10. The Morgan fingerprint density at radius 2 is 1.78 bits per heavy atom. The molecule has 1 heterocycles. The second-order valence-corrected chi connectivity index (χ2v) is 7.12. The van der Waals surface area contributed by atoms with Crippen LogP contribution in [-0.4, -0.2) is 28.5 Å². The zero-order valence-electron chi connectivity index (χ0n) is 14.8. The van der Waals surface area contributed by atoms with Gasteiger partial charge in [0.25, 0.3) is 5.91 Å². The normalized spacial score (nSPS) is 10.8. The Morgan fingerprint density at radius 1 is 1.07 bits per heavy atom. The molecule has 3 N–H and O–H groups in total. The van der Waals surface area contributed by atoms with E-state index >= 15 is 0 Å². The van der Waals surface area contributed by atoms with Crippen LogP contribution in [0.4, 0.5) is 5.69 Å². The average Bonchev–Trinajstić information content (AvgIpc) is 2.95. The summed E-state index contributed by atoms with van der Waals surface area (Å²) >= 11 is 3.33. The topological polar surface area (TPSA) is 104 Å². The van der Waals surface area contributed by atoms with Crippen LogP contribution in [0.25, 0.3) is 11.0 Å². The molecule has 0 aliphatic heterocycles. The first-order chi connectivity index (χ1) is 12.8. The van der Waals surface area contributed by atoms with Crippen LogP contribution in [0.15, 0.2) is 39.6 Å². The molecule has 3 rings (SSSR count). The van der Waals surface area contributed by atoms with Crippen LogP contribution in [0.3, 0.4) is 0 Å². The first-order valence-electron chi connectivity index (χ1n) is 8.25. The largest absolute Gasteiger partial charge is 0.455 e. The lowest BCUT2D eigenvalue weighted by Crippen LogP contribution is -2.21. The molecular formula is C19H18BrN3O4. The van der Waals surface area contributed by atoms with E-state index in [1.54, 1.807) is 12.1 Å². The number of aryl methyl sites for hydroxylation is 2. The molecule has 1 amide bonds. The fourth-order valence-corrected chi connectivity index (χ4v) is 3.06. The number of rotatable bonds is 5. The van der Waals surface area contributed by atoms with Crippen molar-refractivity contribution >= 4 is 44.5 Å². The minimum absolute atomic E-state index is 0.106. The van der Waals surface area contributed by atoms with E-state index in [9.17, 15) is 14.4 Å². The Bertz CT molecular complexity index is 1080. The standard InChI is InChI=1S/C19H18BrN3O4/c1-10-3-4-12(5-11(10)2)6-18(25)27-9-17(24)21-14-8-16-15(7-13(14)20)22-19(26)23-16/h3-5,7-8H,6,9H2,1-2H3,(H,21,24)(H2,22,23,26). The van der Waals surface area contributed by atoms with Crippen molar-refractivity contribution in [2.45, 2.75) is 20.3 Å². The first-order valence-corrected chi connectivity index (χ1v) is 9.04. The van der Waals surface area contributed by atoms with Crippen LogP contribution in [0.5, 0.6) is 0 Å². The molecule has 0 aliphatic rings. The molecule has 0 bridgehead atoms. The molecule has 8 heteroatoms. The van der Waals surface area contributed by atoms with Gasteiger partial charge in [-0.2, -0.15) is 0 Å². The van der Waals surface area contributed by atoms with Gasteiger partial charge in [0.15, 0.2) is 6.61 Å². The lowest BCUT2D eigenvalue weighted by molar-refractivity contribution is -0.146. The fraction of sp³-hybridized carbons (Fsp3) is 0.211. The number of hydrogen-bond donors (Lipinski definition) is 3. The van der Waals surface area contributed by atoms with Crippen LogP contribution in [0.2, 0.25) is 0 Å². The van der Waals surface area contributed by atoms with E-state index in [2.05, 4.69) is 31.2 Å². The SMILES string of the molecule is Cc1ccc(CC(=O)OCC(=O)Nc2cc3[nH]c(=O)[nH]c3cc2Br)cc1C. The number of ether oxygens (including phenoxy) is 1. The van der Waals surface area contributed by atoms with E-state index in [4.69, 9.17) is 4.74 Å². The Kier molecular flexibility index (Phi) is 5.46. The van der Waals surface area contributed by atoms with Crippen molar-refractivity contribution in [3.63, 3.8) is 0 Å². The summed E-state index contributed by atoms with van der Waals surface area (Å²) < 4.78 is 5.65. The summed E-state index contributed by atoms with van der Waals surface area (Å²) in [5.74, 6) is -0.945. The fourth-order valence-electron chi connectivity index (χ4n) is 2.62. The highest BCUT2D eigenvalue weighted by Crippen LogP contribution is 2.26. The summed E-state index contributed by atoms with van der Waals surface area (Å²) in [6, 6.07) is 9.04. The van der Waals surface area contributed by atoms with Crippen LogP contribution in [0.1, 0.15) is 16.7 Å². The van der Waals surface area contributed by atoms with Gasteiger partial charge >= 0.3 is 11.7 Å². The zero-order valence-corrected chi connectivity index (χ0v) is 16.4. The minimum atomic E-state index is -0.474. The summed E-state index contributed by atoms with van der Waals surface area (Å²) in [4.78, 5) is 40.6. The number of benzene rings is 2. The molecule has 0 unspecified atom stereocenters.